The fraction of sp³-hybridized carbons (Fsp3) is 0.714. The van der Waals surface area contributed by atoms with E-state index >= 15 is 0 Å². The minimum absolute atomic E-state index is 0.199. The van der Waals surface area contributed by atoms with Gasteiger partial charge in [0.25, 0.3) is 0 Å². The van der Waals surface area contributed by atoms with Gasteiger partial charge in [0.15, 0.2) is 0 Å². The summed E-state index contributed by atoms with van der Waals surface area (Å²) in [4.78, 5) is 9.80. The molecule has 1 N–H and O–H groups in total. The summed E-state index contributed by atoms with van der Waals surface area (Å²) in [6.45, 7) is 1.71. The fourth-order valence-electron chi connectivity index (χ4n) is 3.31. The molecule has 0 spiro atoms. The Bertz CT molecular complexity index is 485. The standard InChI is InChI=1S/C14H19F3N4/c15-14(16,17)12-6-8-19-13(20-12)21-9-2-1-5-11(21)10-4-3-7-18-10/h6,8,10-11,18H,1-5,7,9H2. The van der Waals surface area contributed by atoms with Crippen LogP contribution < -0.4 is 10.2 Å². The van der Waals surface area contributed by atoms with Crippen molar-refractivity contribution in [2.45, 2.75) is 50.4 Å². The van der Waals surface area contributed by atoms with Crippen molar-refractivity contribution in [2.24, 2.45) is 0 Å². The van der Waals surface area contributed by atoms with Gasteiger partial charge in [-0.3, -0.25) is 0 Å². The Hall–Kier alpha value is -1.37. The molecule has 1 aromatic heterocycles. The second kappa shape index (κ2) is 5.79. The molecule has 2 saturated heterocycles. The zero-order chi connectivity index (χ0) is 14.9. The molecule has 0 bridgehead atoms. The highest BCUT2D eigenvalue weighted by Crippen LogP contribution is 2.31. The number of anilines is 1. The van der Waals surface area contributed by atoms with E-state index in [9.17, 15) is 13.2 Å². The Morgan fingerprint density at radius 1 is 1.19 bits per heavy atom. The molecule has 4 nitrogen and oxygen atoms in total. The molecule has 0 radical (unpaired) electrons. The lowest BCUT2D eigenvalue weighted by molar-refractivity contribution is -0.141. The molecule has 2 aliphatic rings. The number of hydrogen-bond acceptors (Lipinski definition) is 4. The minimum atomic E-state index is -4.42. The van der Waals surface area contributed by atoms with Crippen LogP contribution in [0.1, 0.15) is 37.8 Å². The van der Waals surface area contributed by atoms with Crippen molar-refractivity contribution >= 4 is 5.95 Å². The average Bonchev–Trinajstić information content (AvgIpc) is 3.01. The summed E-state index contributed by atoms with van der Waals surface area (Å²) in [5.74, 6) is 0.211. The molecule has 2 fully saturated rings. The van der Waals surface area contributed by atoms with E-state index in [-0.39, 0.29) is 12.0 Å². The Kier molecular flexibility index (Phi) is 4.01. The molecule has 3 rings (SSSR count). The van der Waals surface area contributed by atoms with Crippen LogP contribution in [0.15, 0.2) is 12.3 Å². The van der Waals surface area contributed by atoms with E-state index < -0.39 is 11.9 Å². The van der Waals surface area contributed by atoms with Crippen LogP contribution in [-0.4, -0.2) is 35.1 Å². The predicted octanol–water partition coefficient (Wildman–Crippen LogP) is 2.61. The van der Waals surface area contributed by atoms with Gasteiger partial charge in [-0.2, -0.15) is 13.2 Å². The number of piperidine rings is 1. The first-order chi connectivity index (χ1) is 10.1. The number of hydrogen-bond donors (Lipinski definition) is 1. The molecule has 1 aromatic rings. The van der Waals surface area contributed by atoms with Crippen LogP contribution in [0.2, 0.25) is 0 Å². The zero-order valence-corrected chi connectivity index (χ0v) is 11.7. The number of rotatable bonds is 2. The summed E-state index contributed by atoms with van der Waals surface area (Å²) < 4.78 is 38.4. The first-order valence-corrected chi connectivity index (χ1v) is 7.46. The summed E-state index contributed by atoms with van der Waals surface area (Å²) in [5.41, 5.74) is -0.865. The molecular weight excluding hydrogens is 281 g/mol. The van der Waals surface area contributed by atoms with Crippen LogP contribution in [0.4, 0.5) is 19.1 Å². The van der Waals surface area contributed by atoms with E-state index in [0.29, 0.717) is 6.04 Å². The average molecular weight is 300 g/mol. The highest BCUT2D eigenvalue weighted by molar-refractivity contribution is 5.34. The van der Waals surface area contributed by atoms with Gasteiger partial charge in [0.2, 0.25) is 5.95 Å². The minimum Gasteiger partial charge on any atom is -0.336 e. The van der Waals surface area contributed by atoms with Crippen molar-refractivity contribution in [1.29, 1.82) is 0 Å². The molecule has 0 aliphatic carbocycles. The number of nitrogens with one attached hydrogen (secondary N) is 1. The van der Waals surface area contributed by atoms with E-state index in [2.05, 4.69) is 15.3 Å². The maximum absolute atomic E-state index is 12.8. The lowest BCUT2D eigenvalue weighted by atomic mass is 9.95. The molecule has 0 saturated carbocycles. The zero-order valence-electron chi connectivity index (χ0n) is 11.7. The summed E-state index contributed by atoms with van der Waals surface area (Å²) in [5, 5.41) is 3.45. The van der Waals surface area contributed by atoms with Crippen LogP contribution in [0.25, 0.3) is 0 Å². The van der Waals surface area contributed by atoms with Gasteiger partial charge in [-0.25, -0.2) is 9.97 Å². The van der Waals surface area contributed by atoms with Crippen LogP contribution in [-0.2, 0) is 6.18 Å². The van der Waals surface area contributed by atoms with E-state index in [1.807, 2.05) is 4.90 Å². The predicted molar refractivity (Wildman–Crippen MR) is 73.0 cm³/mol. The van der Waals surface area contributed by atoms with Gasteiger partial charge in [-0.05, 0) is 44.7 Å². The fourth-order valence-corrected chi connectivity index (χ4v) is 3.31. The maximum atomic E-state index is 12.8. The van der Waals surface area contributed by atoms with E-state index in [1.54, 1.807) is 0 Å². The monoisotopic (exact) mass is 300 g/mol. The van der Waals surface area contributed by atoms with Crippen molar-refractivity contribution in [3.63, 3.8) is 0 Å². The quantitative estimate of drug-likeness (QED) is 0.911. The lowest BCUT2D eigenvalue weighted by Crippen LogP contribution is -2.51. The van der Waals surface area contributed by atoms with Crippen molar-refractivity contribution in [2.75, 3.05) is 18.0 Å². The van der Waals surface area contributed by atoms with Gasteiger partial charge in [0.05, 0.1) is 0 Å². The third-order valence-corrected chi connectivity index (χ3v) is 4.30. The molecule has 0 aromatic carbocycles. The number of halogens is 3. The lowest BCUT2D eigenvalue weighted by Gasteiger charge is -2.39. The molecule has 2 aliphatic heterocycles. The van der Waals surface area contributed by atoms with Gasteiger partial charge in [0, 0.05) is 24.8 Å². The topological polar surface area (TPSA) is 41.1 Å². The second-order valence-corrected chi connectivity index (χ2v) is 5.70. The number of alkyl halides is 3. The Morgan fingerprint density at radius 2 is 2.05 bits per heavy atom. The largest absolute Gasteiger partial charge is 0.433 e. The van der Waals surface area contributed by atoms with E-state index in [1.165, 1.54) is 6.20 Å². The molecule has 0 amide bonds. The van der Waals surface area contributed by atoms with Crippen LogP contribution in [0.5, 0.6) is 0 Å². The highest BCUT2D eigenvalue weighted by atomic mass is 19.4. The molecule has 116 valence electrons. The Balaban J connectivity index is 1.86. The van der Waals surface area contributed by atoms with Crippen LogP contribution in [0, 0.1) is 0 Å². The van der Waals surface area contributed by atoms with Crippen molar-refractivity contribution in [3.8, 4) is 0 Å². The van der Waals surface area contributed by atoms with Crippen molar-refractivity contribution in [1.82, 2.24) is 15.3 Å². The van der Waals surface area contributed by atoms with Crippen LogP contribution in [0.3, 0.4) is 0 Å². The summed E-state index contributed by atoms with van der Waals surface area (Å²) >= 11 is 0. The molecule has 7 heteroatoms. The first-order valence-electron chi connectivity index (χ1n) is 7.46. The third-order valence-electron chi connectivity index (χ3n) is 4.30. The first kappa shape index (κ1) is 14.6. The van der Waals surface area contributed by atoms with Gasteiger partial charge in [-0.15, -0.1) is 0 Å². The second-order valence-electron chi connectivity index (χ2n) is 5.70. The molecule has 21 heavy (non-hydrogen) atoms. The van der Waals surface area contributed by atoms with Crippen molar-refractivity contribution in [3.05, 3.63) is 18.0 Å². The number of nitrogens with zero attached hydrogens (tertiary/aromatic N) is 3. The summed E-state index contributed by atoms with van der Waals surface area (Å²) in [6, 6.07) is 1.46. The Morgan fingerprint density at radius 3 is 2.76 bits per heavy atom. The molecule has 3 heterocycles. The summed E-state index contributed by atoms with van der Waals surface area (Å²) in [6.07, 6.45) is 2.05. The number of aromatic nitrogens is 2. The van der Waals surface area contributed by atoms with Crippen molar-refractivity contribution < 1.29 is 13.2 Å². The van der Waals surface area contributed by atoms with Gasteiger partial charge in [-0.1, -0.05) is 0 Å². The van der Waals surface area contributed by atoms with Crippen LogP contribution >= 0.6 is 0 Å². The van der Waals surface area contributed by atoms with E-state index in [4.69, 9.17) is 0 Å². The molecule has 2 unspecified atom stereocenters. The van der Waals surface area contributed by atoms with Gasteiger partial charge >= 0.3 is 6.18 Å². The molecular formula is C14H19F3N4. The maximum Gasteiger partial charge on any atom is 0.433 e. The van der Waals surface area contributed by atoms with Gasteiger partial charge in [0.1, 0.15) is 5.69 Å². The molecule has 2 atom stereocenters. The summed E-state index contributed by atoms with van der Waals surface area (Å²) in [7, 11) is 0. The van der Waals surface area contributed by atoms with E-state index in [0.717, 1.165) is 51.3 Å². The third kappa shape index (κ3) is 3.12. The smallest absolute Gasteiger partial charge is 0.336 e. The van der Waals surface area contributed by atoms with Gasteiger partial charge < -0.3 is 10.2 Å². The SMILES string of the molecule is FC(F)(F)c1ccnc(N2CCCCC2C2CCCN2)n1. The Labute approximate surface area is 121 Å². The normalized spacial score (nSPS) is 27.1. The highest BCUT2D eigenvalue weighted by Gasteiger charge is 2.36.